The van der Waals surface area contributed by atoms with Gasteiger partial charge in [0.2, 0.25) is 23.6 Å². The number of aliphatic hydroxyl groups is 14. The van der Waals surface area contributed by atoms with Crippen LogP contribution in [0.5, 0.6) is 5.75 Å². The van der Waals surface area contributed by atoms with Gasteiger partial charge >= 0.3 is 0 Å². The minimum Gasteiger partial charge on any atom is -0.492 e. The van der Waals surface area contributed by atoms with Crippen LogP contribution in [0.1, 0.15) is 79.7 Å². The van der Waals surface area contributed by atoms with Crippen molar-refractivity contribution in [3.63, 3.8) is 0 Å². The van der Waals surface area contributed by atoms with E-state index in [0.29, 0.717) is 137 Å². The summed E-state index contributed by atoms with van der Waals surface area (Å²) < 4.78 is 5.59. The molecule has 0 bridgehead atoms. The second-order valence-electron chi connectivity index (χ2n) is 26.1. The first kappa shape index (κ1) is 112. The van der Waals surface area contributed by atoms with Crippen molar-refractivity contribution < 1.29 is 95.4 Å². The fourth-order valence-corrected chi connectivity index (χ4v) is 10.6. The molecule has 3 aromatic rings. The van der Waals surface area contributed by atoms with E-state index in [1.54, 1.807) is 13.0 Å². The molecule has 0 heterocycles. The fraction of sp³-hybridized carbons (Fsp3) is 0.595. The van der Waals surface area contributed by atoms with Gasteiger partial charge in [-0.05, 0) is 137 Å². The minimum atomic E-state index is -0.323. The van der Waals surface area contributed by atoms with Crippen molar-refractivity contribution in [3.05, 3.63) is 157 Å². The topological polar surface area (TPSA) is 444 Å². The molecule has 19 N–H and O–H groups in total. The van der Waals surface area contributed by atoms with Gasteiger partial charge in [0.15, 0.2) is 0 Å². The van der Waals surface area contributed by atoms with Crippen molar-refractivity contribution >= 4 is 41.9 Å². The van der Waals surface area contributed by atoms with Crippen LogP contribution >= 0.6 is 0 Å². The molecule has 0 aliphatic carbocycles. The third kappa shape index (κ3) is 69.7. The number of rotatable bonds is 65. The van der Waals surface area contributed by atoms with Gasteiger partial charge in [0, 0.05) is 155 Å². The van der Waals surface area contributed by atoms with Gasteiger partial charge in [-0.3, -0.25) is 53.5 Å². The highest BCUT2D eigenvalue weighted by molar-refractivity contribution is 5.96. The Morgan fingerprint density at radius 3 is 0.930 bits per heavy atom. The zero-order valence-corrected chi connectivity index (χ0v) is 69.0. The van der Waals surface area contributed by atoms with Gasteiger partial charge in [0.1, 0.15) is 12.4 Å². The number of nitrogens with zero attached hydrogens (tertiary/aromatic N) is 7. The Bertz CT molecular complexity index is 2760. The number of ether oxygens (including phenoxy) is 1. The Hall–Kier alpha value is -7.10. The maximum Gasteiger partial charge on any atom is 0.246 e. The van der Waals surface area contributed by atoms with E-state index < -0.39 is 0 Å². The smallest absolute Gasteiger partial charge is 0.246 e. The summed E-state index contributed by atoms with van der Waals surface area (Å²) in [7, 11) is 0. The van der Waals surface area contributed by atoms with Crippen LogP contribution in [0.3, 0.4) is 0 Å². The van der Waals surface area contributed by atoms with Crippen LogP contribution in [-0.2, 0) is 32.3 Å². The highest BCUT2D eigenvalue weighted by Crippen LogP contribution is 2.13. The molecule has 0 spiro atoms. The van der Waals surface area contributed by atoms with Gasteiger partial charge < -0.3 is 103 Å². The van der Waals surface area contributed by atoms with Gasteiger partial charge in [0.25, 0.3) is 0 Å². The SMILES string of the molecule is C=C(C)C(=O)NCCCN(CCO)CCO.C=CC(=O)NCCCN(CCO)CCO.C=Cc1ccc(CN(CCO)CCO)cc1.C=Cc1ccc(CNCCCN(CCO)CCO)cc1.C=Cc1ccc(OCCN(CCO)CCO)cc1.O=C(/C=C\C(=O)NCCCCN(CCO)CCO)NCCCCN(CCO)CCO. The number of aliphatic hydroxyl groups excluding tert-OH is 14. The quantitative estimate of drug-likeness (QED) is 0.0249. The molecule has 0 aromatic heterocycles. The summed E-state index contributed by atoms with van der Waals surface area (Å²) in [5.74, 6) is -0.136. The van der Waals surface area contributed by atoms with Gasteiger partial charge in [-0.1, -0.05) is 112 Å². The third-order valence-corrected chi connectivity index (χ3v) is 16.9. The van der Waals surface area contributed by atoms with Crippen molar-refractivity contribution in [3.8, 4) is 5.75 Å². The number of carbonyl (C=O) groups excluding carboxylic acids is 4. The second kappa shape index (κ2) is 83.4. The first-order valence-electron chi connectivity index (χ1n) is 40.0. The number of nitrogens with one attached hydrogen (secondary N) is 5. The number of benzene rings is 3. The Labute approximate surface area is 685 Å². The lowest BCUT2D eigenvalue weighted by molar-refractivity contribution is -0.118. The predicted octanol–water partition coefficient (Wildman–Crippen LogP) is -0.564. The largest absolute Gasteiger partial charge is 0.492 e. The van der Waals surface area contributed by atoms with Crippen LogP contribution in [0, 0.1) is 0 Å². The lowest BCUT2D eigenvalue weighted by Crippen LogP contribution is -2.33. The van der Waals surface area contributed by atoms with Gasteiger partial charge in [-0.2, -0.15) is 0 Å². The summed E-state index contributed by atoms with van der Waals surface area (Å²) in [4.78, 5) is 59.2. The lowest BCUT2D eigenvalue weighted by atomic mass is 10.1. The van der Waals surface area contributed by atoms with E-state index in [1.165, 1.54) is 29.4 Å². The van der Waals surface area contributed by atoms with Crippen molar-refractivity contribution in [2.24, 2.45) is 0 Å². The van der Waals surface area contributed by atoms with Crippen molar-refractivity contribution in [1.29, 1.82) is 0 Å². The minimum absolute atomic E-state index is 0.0511. The predicted molar refractivity (Wildman–Crippen MR) is 458 cm³/mol. The Morgan fingerprint density at radius 1 is 0.330 bits per heavy atom. The molecule has 0 aliphatic heterocycles. The standard InChI is InChI=1S/C20H40N4O6.C16H26N2O2.C14H21NO3.C13H19NO2.C11H22N2O3.C10H20N2O3/c25-15-11-23(12-16-26)9-3-1-7-21-19(29)5-6-20(30)22-8-2-4-10-24(13-17-27)14-18-28;1-2-15-4-6-16(7-5-15)14-17-8-3-9-18(10-12-19)11-13-20;1-2-13-3-5-14(6-4-13)18-12-9-15(7-10-16)8-11-17;1-2-12-3-5-13(6-4-12)11-14(7-9-15)8-10-16;1-10(2)11(16)12-4-3-5-13(6-8-14)7-9-15;1-2-10(15)11-4-3-5-12(6-8-13)7-9-14/h5-6,25-28H,1-4,7-18H2,(H,21,29)(H,22,30);2,4-7,17,19-20H,1,3,8-14H2;2-6,16-17H,1,7-12H2;2-6,15-16H,1,7-11H2;14-15H,1,3-9H2,2H3,(H,12,16);2,13-14H,1,3-9H2,(H,11,15)/b6-5-;;;;;. The van der Waals surface area contributed by atoms with E-state index in [2.05, 4.69) is 88.6 Å². The van der Waals surface area contributed by atoms with E-state index in [1.807, 2.05) is 90.1 Å². The number of hydrogen-bond acceptors (Lipinski definition) is 27. The van der Waals surface area contributed by atoms with Crippen LogP contribution in [0.25, 0.3) is 18.2 Å². The number of amides is 4. The fourth-order valence-electron chi connectivity index (χ4n) is 10.6. The normalized spacial score (nSPS) is 10.9. The molecule has 0 atom stereocenters. The highest BCUT2D eigenvalue weighted by atomic mass is 16.5. The Morgan fingerprint density at radius 2 is 0.609 bits per heavy atom. The molecule has 31 heteroatoms. The molecule has 31 nitrogen and oxygen atoms in total. The molecule has 3 rings (SSSR count). The summed E-state index contributed by atoms with van der Waals surface area (Å²) in [6, 6.07) is 24.1. The van der Waals surface area contributed by atoms with Crippen LogP contribution in [0.15, 0.2) is 129 Å². The first-order valence-corrected chi connectivity index (χ1v) is 40.0. The van der Waals surface area contributed by atoms with Crippen LogP contribution in [0.4, 0.5) is 0 Å². The van der Waals surface area contributed by atoms with Crippen molar-refractivity contribution in [2.75, 3.05) is 263 Å². The van der Waals surface area contributed by atoms with Crippen LogP contribution < -0.4 is 31.3 Å². The van der Waals surface area contributed by atoms with Gasteiger partial charge in [0.05, 0.1) is 92.5 Å². The second-order valence-corrected chi connectivity index (χ2v) is 26.1. The van der Waals surface area contributed by atoms with E-state index >= 15 is 0 Å². The molecule has 0 radical (unpaired) electrons. The summed E-state index contributed by atoms with van der Waals surface area (Å²) in [6.45, 7) is 38.5. The molecule has 3 aromatic carbocycles. The maximum absolute atomic E-state index is 11.7. The molecular formula is C84H148N12O19. The van der Waals surface area contributed by atoms with Crippen molar-refractivity contribution in [1.82, 2.24) is 60.9 Å². The molecule has 0 unspecified atom stereocenters. The lowest BCUT2D eigenvalue weighted by Gasteiger charge is -2.20. The molecule has 0 aliphatic rings. The zero-order chi connectivity index (χ0) is 86.0. The van der Waals surface area contributed by atoms with E-state index in [-0.39, 0.29) is 116 Å². The summed E-state index contributed by atoms with van der Waals surface area (Å²) in [5.41, 5.74) is 6.23. The highest BCUT2D eigenvalue weighted by Gasteiger charge is 2.11. The molecule has 4 amide bonds. The van der Waals surface area contributed by atoms with Crippen molar-refractivity contribution in [2.45, 2.75) is 65.0 Å². The zero-order valence-electron chi connectivity index (χ0n) is 69.0. The van der Waals surface area contributed by atoms with Crippen LogP contribution in [0.2, 0.25) is 0 Å². The van der Waals surface area contributed by atoms with Gasteiger partial charge in [-0.15, -0.1) is 0 Å². The average molecular weight is 1630 g/mol. The van der Waals surface area contributed by atoms with E-state index in [4.69, 9.17) is 76.2 Å². The van der Waals surface area contributed by atoms with E-state index in [0.717, 1.165) is 120 Å². The van der Waals surface area contributed by atoms with Crippen LogP contribution in [-0.4, -0.2) is 392 Å². The van der Waals surface area contributed by atoms with Gasteiger partial charge in [-0.25, -0.2) is 0 Å². The molecule has 658 valence electrons. The molecule has 0 saturated carbocycles. The number of carbonyl (C=O) groups is 4. The van der Waals surface area contributed by atoms with E-state index in [9.17, 15) is 19.2 Å². The summed E-state index contributed by atoms with van der Waals surface area (Å²) >= 11 is 0. The average Bonchev–Trinajstić information content (AvgIpc) is 1.00. The molecule has 0 saturated heterocycles. The Kier molecular flexibility index (Phi) is 81.3. The summed E-state index contributed by atoms with van der Waals surface area (Å²) in [6.07, 6.45) is 14.9. The monoisotopic (exact) mass is 1630 g/mol. The number of unbranched alkanes of at least 4 members (excludes halogenated alkanes) is 2. The third-order valence-electron chi connectivity index (χ3n) is 16.9. The molecule has 115 heavy (non-hydrogen) atoms. The number of hydrogen-bond donors (Lipinski definition) is 19. The first-order chi connectivity index (χ1) is 55.8. The summed E-state index contributed by atoms with van der Waals surface area (Å²) in [5, 5.41) is 138. The maximum atomic E-state index is 11.7. The molecular weight excluding hydrogens is 1480 g/mol. The molecule has 0 fully saturated rings. The Balaban J connectivity index is -0.00000133.